The summed E-state index contributed by atoms with van der Waals surface area (Å²) in [7, 11) is 11.1. The maximum atomic E-state index is 5.54. The van der Waals surface area contributed by atoms with Gasteiger partial charge in [0.15, 0.2) is 0 Å². The van der Waals surface area contributed by atoms with E-state index in [0.29, 0.717) is 0 Å². The predicted molar refractivity (Wildman–Crippen MR) is 89.2 cm³/mol. The molecule has 0 radical (unpaired) electrons. The number of fused-ring (bicyclic) bond motifs is 1. The van der Waals surface area contributed by atoms with Crippen LogP contribution in [0.2, 0.25) is 0 Å². The molecule has 0 bridgehead atoms. The molecule has 0 heterocycles. The van der Waals surface area contributed by atoms with Crippen LogP contribution in [-0.4, -0.2) is 3.21 Å². The average molecular weight is 384 g/mol. The summed E-state index contributed by atoms with van der Waals surface area (Å²) in [4.78, 5) is 0. The summed E-state index contributed by atoms with van der Waals surface area (Å²) in [6.45, 7) is 3.96. The van der Waals surface area contributed by atoms with E-state index in [1.807, 2.05) is 26.0 Å². The van der Waals surface area contributed by atoms with E-state index in [9.17, 15) is 0 Å². The molecule has 0 aromatic heterocycles. The van der Waals surface area contributed by atoms with Crippen molar-refractivity contribution in [1.82, 2.24) is 0 Å². The average Bonchev–Trinajstić information content (AvgIpc) is 3.14. The van der Waals surface area contributed by atoms with Crippen molar-refractivity contribution in [1.29, 1.82) is 0 Å². The van der Waals surface area contributed by atoms with Gasteiger partial charge in [0.1, 0.15) is 0 Å². The second-order valence-electron chi connectivity index (χ2n) is 4.42. The zero-order valence-electron chi connectivity index (χ0n) is 11.7. The van der Waals surface area contributed by atoms with Crippen molar-refractivity contribution in [2.75, 3.05) is 0 Å². The number of hydrogen-bond acceptors (Lipinski definition) is 0. The van der Waals surface area contributed by atoms with Crippen LogP contribution in [0.3, 0.4) is 0 Å². The molecule has 1 aliphatic rings. The monoisotopic (exact) mass is 382 g/mol. The van der Waals surface area contributed by atoms with Crippen LogP contribution in [0.25, 0.3) is 10.8 Å². The minimum atomic E-state index is -1.84. The number of hydrogen-bond donors (Lipinski definition) is 0. The topological polar surface area (TPSA) is 0 Å². The van der Waals surface area contributed by atoms with Crippen molar-refractivity contribution in [2.45, 2.75) is 20.3 Å². The first-order valence-electron chi connectivity index (χ1n) is 6.42. The molecule has 0 fully saturated rings. The van der Waals surface area contributed by atoms with Gasteiger partial charge in [-0.3, -0.25) is 6.08 Å². The number of rotatable bonds is 0. The third-order valence-corrected chi connectivity index (χ3v) is 8.84. The van der Waals surface area contributed by atoms with Crippen LogP contribution in [0, 0.1) is 6.08 Å². The van der Waals surface area contributed by atoms with Crippen molar-refractivity contribution in [2.24, 2.45) is 0 Å². The Morgan fingerprint density at radius 2 is 1.90 bits per heavy atom. The van der Waals surface area contributed by atoms with Crippen molar-refractivity contribution in [3.05, 3.63) is 66.8 Å². The van der Waals surface area contributed by atoms with E-state index in [2.05, 4.69) is 54.6 Å². The molecule has 3 heteroatoms. The van der Waals surface area contributed by atoms with E-state index in [0.717, 1.165) is 6.42 Å². The van der Waals surface area contributed by atoms with Crippen molar-refractivity contribution >= 4 is 31.0 Å². The molecule has 0 N–H and O–H groups in total. The maximum absolute atomic E-state index is 5.54. The Kier molecular flexibility index (Phi) is 9.18. The Bertz CT molecular complexity index is 548. The van der Waals surface area contributed by atoms with E-state index in [1.54, 1.807) is 0 Å². The Morgan fingerprint density at radius 1 is 1.20 bits per heavy atom. The fourth-order valence-corrected chi connectivity index (χ4v) is 1.41. The molecule has 0 saturated heterocycles. The minimum Gasteiger partial charge on any atom is -0.273 e. The van der Waals surface area contributed by atoms with Crippen molar-refractivity contribution < 1.29 is 18.9 Å². The van der Waals surface area contributed by atoms with E-state index >= 15 is 0 Å². The molecule has 1 aliphatic carbocycles. The van der Waals surface area contributed by atoms with Gasteiger partial charge in [0, 0.05) is 0 Å². The summed E-state index contributed by atoms with van der Waals surface area (Å²) in [6.07, 6.45) is 10.0. The first-order valence-corrected chi connectivity index (χ1v) is 14.0. The molecular formula is C17H18Cl2Zr-2. The number of halogens is 2. The normalized spacial score (nSPS) is 11.4. The molecule has 2 aromatic carbocycles. The second-order valence-corrected chi connectivity index (χ2v) is 13.8. The van der Waals surface area contributed by atoms with Gasteiger partial charge in [-0.15, -0.1) is 36.1 Å². The molecule has 0 aliphatic heterocycles. The van der Waals surface area contributed by atoms with Gasteiger partial charge in [-0.2, -0.15) is 23.6 Å². The molecular weight excluding hydrogens is 366 g/mol. The largest absolute Gasteiger partial charge is 0.273 e. The zero-order chi connectivity index (χ0) is 14.8. The van der Waals surface area contributed by atoms with Crippen LogP contribution >= 0.6 is 17.0 Å². The fourth-order valence-electron chi connectivity index (χ4n) is 1.41. The number of benzene rings is 1. The summed E-state index contributed by atoms with van der Waals surface area (Å²) >= 11 is -1.84. The smallest absolute Gasteiger partial charge is 0.0809 e. The van der Waals surface area contributed by atoms with Gasteiger partial charge in [-0.1, -0.05) is 6.07 Å². The zero-order valence-corrected chi connectivity index (χ0v) is 15.7. The summed E-state index contributed by atoms with van der Waals surface area (Å²) < 4.78 is 1.24. The molecule has 3 rings (SSSR count). The molecule has 0 saturated carbocycles. The molecule has 106 valence electrons. The quantitative estimate of drug-likeness (QED) is 0.490. The van der Waals surface area contributed by atoms with Crippen molar-refractivity contribution in [3.63, 3.8) is 0 Å². The Hall–Kier alpha value is -0.357. The first-order chi connectivity index (χ1) is 9.61. The van der Waals surface area contributed by atoms with Gasteiger partial charge in [0.2, 0.25) is 0 Å². The minimum absolute atomic E-state index is 1.01. The van der Waals surface area contributed by atoms with Crippen LogP contribution in [0.1, 0.15) is 20.3 Å². The Balaban J connectivity index is 0.000000160. The van der Waals surface area contributed by atoms with E-state index < -0.39 is 18.9 Å². The van der Waals surface area contributed by atoms with Gasteiger partial charge in [0.25, 0.3) is 0 Å². The molecule has 20 heavy (non-hydrogen) atoms. The summed E-state index contributed by atoms with van der Waals surface area (Å²) in [5, 5.41) is 2.66. The summed E-state index contributed by atoms with van der Waals surface area (Å²) in [5.41, 5.74) is 0. The molecule has 2 aromatic rings. The summed E-state index contributed by atoms with van der Waals surface area (Å²) in [5.74, 6) is 0. The maximum Gasteiger partial charge on any atom is -0.0809 e. The fraction of sp³-hybridized carbons (Fsp3) is 0.176. The van der Waals surface area contributed by atoms with Gasteiger partial charge in [-0.05, 0) is 0 Å². The van der Waals surface area contributed by atoms with Gasteiger partial charge < -0.3 is 0 Å². The first kappa shape index (κ1) is 17.7. The standard InChI is InChI=1S/C9H7.C5H5.C3H6.2ClH.Zr/c1-2-5-9-7-3-6-8(9)4-1;1-2-4-5-3-1;1-3-2;;;/h1-7H;1-3H,4H2;1-2H3;2*1H;/q2*-1;;;;+2/p-2. The van der Waals surface area contributed by atoms with Crippen LogP contribution in [0.5, 0.6) is 0 Å². The van der Waals surface area contributed by atoms with E-state index in [-0.39, 0.29) is 0 Å². The molecule has 0 spiro atoms. The van der Waals surface area contributed by atoms with Crippen LogP contribution in [0.4, 0.5) is 0 Å². The molecule has 0 amide bonds. The van der Waals surface area contributed by atoms with Gasteiger partial charge in [-0.25, -0.2) is 12.2 Å². The number of allylic oxidation sites excluding steroid dienone is 4. The molecule has 0 unspecified atom stereocenters. The van der Waals surface area contributed by atoms with E-state index in [1.165, 1.54) is 14.0 Å². The predicted octanol–water partition coefficient (Wildman–Crippen LogP) is 5.99. The van der Waals surface area contributed by atoms with Crippen LogP contribution in [-0.2, 0) is 18.9 Å². The third-order valence-electron chi connectivity index (χ3n) is 2.51. The molecule has 0 atom stereocenters. The van der Waals surface area contributed by atoms with Crippen molar-refractivity contribution in [3.8, 4) is 0 Å². The van der Waals surface area contributed by atoms with E-state index in [4.69, 9.17) is 17.0 Å². The third kappa shape index (κ3) is 7.43. The second kappa shape index (κ2) is 10.4. The van der Waals surface area contributed by atoms with Gasteiger partial charge >= 0.3 is 53.0 Å². The molecule has 0 nitrogen and oxygen atoms in total. The Labute approximate surface area is 136 Å². The SMILES string of the molecule is C[C](C)=[Zr]([Cl])[Cl].[C-]1=CC=CC1.c1ccc2[cH-]ccc2c1. The van der Waals surface area contributed by atoms with Crippen LogP contribution in [0.15, 0.2) is 60.7 Å². The van der Waals surface area contributed by atoms with Crippen LogP contribution < -0.4 is 0 Å². The Morgan fingerprint density at radius 3 is 2.35 bits per heavy atom. The van der Waals surface area contributed by atoms with Gasteiger partial charge in [0.05, 0.1) is 0 Å². The summed E-state index contributed by atoms with van der Waals surface area (Å²) in [6, 6.07) is 14.7.